The van der Waals surface area contributed by atoms with Gasteiger partial charge in [0.25, 0.3) is 0 Å². The van der Waals surface area contributed by atoms with E-state index in [1.165, 1.54) is 12.8 Å². The van der Waals surface area contributed by atoms with Crippen molar-refractivity contribution >= 4 is 34.8 Å². The number of imidazole rings is 1. The maximum absolute atomic E-state index is 6.52. The topological polar surface area (TPSA) is 59.5 Å². The number of anilines is 1. The molecule has 3 heterocycles. The predicted molar refractivity (Wildman–Crippen MR) is 119 cm³/mol. The van der Waals surface area contributed by atoms with Crippen LogP contribution in [0, 0.1) is 12.3 Å². The number of aryl methyl sites for hydroxylation is 1. The zero-order chi connectivity index (χ0) is 20.2. The first-order valence-corrected chi connectivity index (χ1v) is 11.0. The van der Waals surface area contributed by atoms with Crippen LogP contribution in [-0.4, -0.2) is 33.5 Å². The molecule has 1 saturated heterocycles. The van der Waals surface area contributed by atoms with E-state index in [-0.39, 0.29) is 0 Å². The number of halogens is 2. The number of nitrogens with two attached hydrogens (primary N) is 1. The van der Waals surface area contributed by atoms with Crippen molar-refractivity contribution in [1.29, 1.82) is 0 Å². The van der Waals surface area contributed by atoms with Gasteiger partial charge in [-0.05, 0) is 44.1 Å². The molecule has 5 rings (SSSR count). The number of piperidine rings is 1. The normalized spacial score (nSPS) is 21.4. The standard InChI is InChI=1S/C22H25Cl2N5/c1-14-18(15-4-2-5-16(23)19(15)24)20-26-10-13-29(20)21(27-14)28-11-8-22(9-12-28)7-3-6-17(22)25/h2,4-5,10,13,17H,3,6-9,11-12,25H2,1H3. The van der Waals surface area contributed by atoms with E-state index >= 15 is 0 Å². The maximum atomic E-state index is 6.52. The van der Waals surface area contributed by atoms with Crippen molar-refractivity contribution in [2.75, 3.05) is 18.0 Å². The van der Waals surface area contributed by atoms with Gasteiger partial charge in [-0.2, -0.15) is 0 Å². The number of nitrogens with zero attached hydrogens (tertiary/aromatic N) is 4. The van der Waals surface area contributed by atoms with Crippen LogP contribution in [0.1, 0.15) is 37.8 Å². The summed E-state index contributed by atoms with van der Waals surface area (Å²) < 4.78 is 2.08. The molecule has 0 amide bonds. The van der Waals surface area contributed by atoms with Crippen LogP contribution >= 0.6 is 23.2 Å². The van der Waals surface area contributed by atoms with Crippen LogP contribution in [-0.2, 0) is 0 Å². The molecule has 1 saturated carbocycles. The molecule has 2 fully saturated rings. The van der Waals surface area contributed by atoms with Crippen LogP contribution < -0.4 is 10.6 Å². The number of aromatic nitrogens is 3. The fourth-order valence-electron chi connectivity index (χ4n) is 5.25. The Bertz CT molecular complexity index is 1070. The molecule has 2 aliphatic rings. The average Bonchev–Trinajstić information content (AvgIpc) is 3.33. The molecule has 2 N–H and O–H groups in total. The molecule has 2 aromatic heterocycles. The molecule has 1 spiro atoms. The summed E-state index contributed by atoms with van der Waals surface area (Å²) in [6.45, 7) is 3.97. The highest BCUT2D eigenvalue weighted by Gasteiger charge is 2.43. The third-order valence-electron chi connectivity index (χ3n) is 6.95. The zero-order valence-electron chi connectivity index (χ0n) is 16.5. The van der Waals surface area contributed by atoms with E-state index in [1.807, 2.05) is 31.5 Å². The average molecular weight is 430 g/mol. The minimum absolute atomic E-state index is 0.327. The third kappa shape index (κ3) is 3.02. The fraction of sp³-hybridized carbons (Fsp3) is 0.455. The van der Waals surface area contributed by atoms with Gasteiger partial charge in [0.05, 0.1) is 15.7 Å². The zero-order valence-corrected chi connectivity index (χ0v) is 18.0. The van der Waals surface area contributed by atoms with E-state index in [4.69, 9.17) is 33.9 Å². The quantitative estimate of drug-likeness (QED) is 0.614. The van der Waals surface area contributed by atoms with Gasteiger partial charge in [-0.1, -0.05) is 41.8 Å². The van der Waals surface area contributed by atoms with E-state index in [0.29, 0.717) is 21.5 Å². The number of rotatable bonds is 2. The van der Waals surface area contributed by atoms with Gasteiger partial charge in [-0.25, -0.2) is 9.97 Å². The summed E-state index contributed by atoms with van der Waals surface area (Å²) in [4.78, 5) is 12.0. The van der Waals surface area contributed by atoms with Crippen LogP contribution in [0.25, 0.3) is 16.8 Å². The smallest absolute Gasteiger partial charge is 0.211 e. The van der Waals surface area contributed by atoms with Crippen molar-refractivity contribution in [3.8, 4) is 11.1 Å². The van der Waals surface area contributed by atoms with Gasteiger partial charge >= 0.3 is 0 Å². The highest BCUT2D eigenvalue weighted by atomic mass is 35.5. The molecule has 0 bridgehead atoms. The Kier molecular flexibility index (Phi) is 4.72. The molecule has 1 aromatic carbocycles. The van der Waals surface area contributed by atoms with Crippen LogP contribution in [0.15, 0.2) is 30.6 Å². The molecule has 3 aromatic rings. The highest BCUT2D eigenvalue weighted by molar-refractivity contribution is 6.43. The molecular formula is C22H25Cl2N5. The molecule has 152 valence electrons. The van der Waals surface area contributed by atoms with E-state index in [2.05, 4.69) is 14.3 Å². The van der Waals surface area contributed by atoms with E-state index in [9.17, 15) is 0 Å². The Labute approximate surface area is 180 Å². The van der Waals surface area contributed by atoms with Crippen LogP contribution in [0.3, 0.4) is 0 Å². The van der Waals surface area contributed by atoms with Gasteiger partial charge in [-0.15, -0.1) is 0 Å². The first-order valence-electron chi connectivity index (χ1n) is 10.3. The number of hydrogen-bond acceptors (Lipinski definition) is 4. The molecule has 1 atom stereocenters. The SMILES string of the molecule is Cc1nc(N2CCC3(CCCC3N)CC2)n2ccnc2c1-c1cccc(Cl)c1Cl. The van der Waals surface area contributed by atoms with Gasteiger partial charge in [0.2, 0.25) is 5.95 Å². The summed E-state index contributed by atoms with van der Waals surface area (Å²) in [7, 11) is 0. The molecule has 7 heteroatoms. The highest BCUT2D eigenvalue weighted by Crippen LogP contribution is 2.46. The van der Waals surface area contributed by atoms with Crippen molar-refractivity contribution < 1.29 is 0 Å². The lowest BCUT2D eigenvalue weighted by atomic mass is 9.74. The largest absolute Gasteiger partial charge is 0.342 e. The minimum Gasteiger partial charge on any atom is -0.342 e. The summed E-state index contributed by atoms with van der Waals surface area (Å²) in [5.41, 5.74) is 10.3. The van der Waals surface area contributed by atoms with Gasteiger partial charge in [0.1, 0.15) is 5.65 Å². The monoisotopic (exact) mass is 429 g/mol. The second kappa shape index (κ2) is 7.15. The molecule has 1 aliphatic heterocycles. The Hall–Kier alpha value is -1.82. The van der Waals surface area contributed by atoms with Crippen molar-refractivity contribution in [2.45, 2.75) is 45.1 Å². The van der Waals surface area contributed by atoms with Gasteiger partial charge in [0.15, 0.2) is 0 Å². The lowest BCUT2D eigenvalue weighted by Crippen LogP contribution is -2.47. The molecule has 1 aliphatic carbocycles. The Morgan fingerprint density at radius 1 is 1.17 bits per heavy atom. The molecule has 5 nitrogen and oxygen atoms in total. The lowest BCUT2D eigenvalue weighted by Gasteiger charge is -2.42. The molecule has 29 heavy (non-hydrogen) atoms. The summed E-state index contributed by atoms with van der Waals surface area (Å²) in [5, 5.41) is 1.07. The van der Waals surface area contributed by atoms with Gasteiger partial charge < -0.3 is 10.6 Å². The minimum atomic E-state index is 0.327. The van der Waals surface area contributed by atoms with Crippen LogP contribution in [0.5, 0.6) is 0 Å². The second-order valence-corrected chi connectivity index (χ2v) is 9.23. The Balaban J connectivity index is 1.54. The lowest BCUT2D eigenvalue weighted by molar-refractivity contribution is 0.197. The second-order valence-electron chi connectivity index (χ2n) is 8.44. The summed E-state index contributed by atoms with van der Waals surface area (Å²) in [5.74, 6) is 0.943. The van der Waals surface area contributed by atoms with E-state index in [1.54, 1.807) is 6.07 Å². The van der Waals surface area contributed by atoms with Gasteiger partial charge in [0, 0.05) is 42.7 Å². The van der Waals surface area contributed by atoms with Gasteiger partial charge in [-0.3, -0.25) is 4.40 Å². The number of hydrogen-bond donors (Lipinski definition) is 1. The Morgan fingerprint density at radius 2 is 1.97 bits per heavy atom. The Morgan fingerprint density at radius 3 is 2.69 bits per heavy atom. The summed E-state index contributed by atoms with van der Waals surface area (Å²) >= 11 is 12.8. The first-order chi connectivity index (χ1) is 14.0. The van der Waals surface area contributed by atoms with Crippen LogP contribution in [0.2, 0.25) is 10.0 Å². The van der Waals surface area contributed by atoms with Crippen molar-refractivity contribution in [3.63, 3.8) is 0 Å². The summed E-state index contributed by atoms with van der Waals surface area (Å²) in [6.07, 6.45) is 9.75. The molecule has 1 unspecified atom stereocenters. The van der Waals surface area contributed by atoms with Crippen molar-refractivity contribution in [2.24, 2.45) is 11.1 Å². The van der Waals surface area contributed by atoms with E-state index < -0.39 is 0 Å². The fourth-order valence-corrected chi connectivity index (χ4v) is 5.64. The number of fused-ring (bicyclic) bond motifs is 1. The summed E-state index contributed by atoms with van der Waals surface area (Å²) in [6, 6.07) is 6.02. The van der Waals surface area contributed by atoms with E-state index in [0.717, 1.165) is 60.8 Å². The van der Waals surface area contributed by atoms with Crippen LogP contribution in [0.4, 0.5) is 5.95 Å². The third-order valence-corrected chi connectivity index (χ3v) is 7.77. The first kappa shape index (κ1) is 19.2. The predicted octanol–water partition coefficient (Wildman–Crippen LogP) is 5.11. The molecule has 0 radical (unpaired) electrons. The maximum Gasteiger partial charge on any atom is 0.211 e. The van der Waals surface area contributed by atoms with Crippen molar-refractivity contribution in [3.05, 3.63) is 46.3 Å². The number of benzene rings is 1. The molecular weight excluding hydrogens is 405 g/mol. The van der Waals surface area contributed by atoms with Crippen molar-refractivity contribution in [1.82, 2.24) is 14.4 Å².